The highest BCUT2D eigenvalue weighted by Gasteiger charge is 2.18. The van der Waals surface area contributed by atoms with E-state index in [2.05, 4.69) is 21.3 Å². The third-order valence-electron chi connectivity index (χ3n) is 5.47. The highest BCUT2D eigenvalue weighted by atomic mass is 32.2. The first-order chi connectivity index (χ1) is 15.3. The van der Waals surface area contributed by atoms with E-state index < -0.39 is 10.0 Å². The number of anilines is 1. The fraction of sp³-hybridized carbons (Fsp3) is 0.333. The first-order valence-electron chi connectivity index (χ1n) is 10.6. The molecule has 0 saturated heterocycles. The van der Waals surface area contributed by atoms with Crippen molar-refractivity contribution >= 4 is 27.5 Å². The second-order valence-corrected chi connectivity index (χ2v) is 9.61. The molecule has 1 aliphatic rings. The predicted molar refractivity (Wildman–Crippen MR) is 124 cm³/mol. The third-order valence-corrected chi connectivity index (χ3v) is 6.89. The molecule has 0 aromatic heterocycles. The number of rotatable bonds is 7. The van der Waals surface area contributed by atoms with Crippen LogP contribution in [0.25, 0.3) is 0 Å². The van der Waals surface area contributed by atoms with Crippen LogP contribution in [0, 0.1) is 19.3 Å². The van der Waals surface area contributed by atoms with Crippen LogP contribution in [-0.4, -0.2) is 32.8 Å². The largest absolute Gasteiger partial charge is 0.349 e. The average molecular weight is 454 g/mol. The number of nitrogens with one attached hydrogen (secondary N) is 3. The van der Waals surface area contributed by atoms with Crippen LogP contribution < -0.4 is 15.4 Å². The molecule has 8 heteroatoms. The van der Waals surface area contributed by atoms with Crippen molar-refractivity contribution in [3.63, 3.8) is 0 Å². The van der Waals surface area contributed by atoms with E-state index in [1.165, 1.54) is 30.7 Å². The predicted octanol–water partition coefficient (Wildman–Crippen LogP) is 3.22. The van der Waals surface area contributed by atoms with Gasteiger partial charge >= 0.3 is 0 Å². The molecule has 0 radical (unpaired) electrons. The Hall–Kier alpha value is -3.15. The molecule has 0 spiro atoms. The van der Waals surface area contributed by atoms with E-state index in [0.717, 1.165) is 31.2 Å². The minimum Gasteiger partial charge on any atom is -0.349 e. The van der Waals surface area contributed by atoms with Gasteiger partial charge in [0.25, 0.3) is 11.8 Å². The maximum atomic E-state index is 12.6. The van der Waals surface area contributed by atoms with Crippen LogP contribution in [0.15, 0.2) is 47.4 Å². The van der Waals surface area contributed by atoms with E-state index in [-0.39, 0.29) is 29.3 Å². The zero-order valence-corrected chi connectivity index (χ0v) is 18.8. The van der Waals surface area contributed by atoms with Crippen LogP contribution >= 0.6 is 0 Å². The Kier molecular flexibility index (Phi) is 7.67. The highest BCUT2D eigenvalue weighted by Crippen LogP contribution is 2.21. The highest BCUT2D eigenvalue weighted by molar-refractivity contribution is 7.89. The van der Waals surface area contributed by atoms with Gasteiger partial charge in [0.15, 0.2) is 0 Å². The SMILES string of the molecule is C#CCNS(=O)(=O)c1ccc(C(=O)Nc2ccc(C(=O)NC3CCCCC3)cc2C)cc1. The maximum absolute atomic E-state index is 12.6. The van der Waals surface area contributed by atoms with Crippen molar-refractivity contribution in [1.82, 2.24) is 10.0 Å². The van der Waals surface area contributed by atoms with E-state index in [0.29, 0.717) is 16.8 Å². The number of amides is 2. The van der Waals surface area contributed by atoms with Gasteiger partial charge in [-0.25, -0.2) is 8.42 Å². The standard InChI is InChI=1S/C24H27N3O4S/c1-3-15-25-32(30,31)21-12-9-18(10-13-21)23(28)27-22-14-11-19(16-17(22)2)24(29)26-20-7-5-4-6-8-20/h1,9-14,16,20,25H,4-8,15H2,2H3,(H,26,29)(H,27,28). The van der Waals surface area contributed by atoms with E-state index in [1.54, 1.807) is 18.2 Å². The first kappa shape index (κ1) is 23.5. The van der Waals surface area contributed by atoms with Crippen LogP contribution in [0.2, 0.25) is 0 Å². The van der Waals surface area contributed by atoms with Crippen molar-refractivity contribution < 1.29 is 18.0 Å². The van der Waals surface area contributed by atoms with Gasteiger partial charge < -0.3 is 10.6 Å². The number of sulfonamides is 1. The number of aryl methyl sites for hydroxylation is 1. The molecule has 1 fully saturated rings. The third kappa shape index (κ3) is 5.96. The number of hydrogen-bond donors (Lipinski definition) is 3. The second-order valence-electron chi connectivity index (χ2n) is 7.85. The van der Waals surface area contributed by atoms with Crippen molar-refractivity contribution in [1.29, 1.82) is 0 Å². The Morgan fingerprint density at radius 2 is 1.66 bits per heavy atom. The van der Waals surface area contributed by atoms with E-state index in [1.807, 2.05) is 6.92 Å². The van der Waals surface area contributed by atoms with Crippen molar-refractivity contribution in [2.45, 2.75) is 50.0 Å². The van der Waals surface area contributed by atoms with Gasteiger partial charge in [0.2, 0.25) is 10.0 Å². The van der Waals surface area contributed by atoms with E-state index >= 15 is 0 Å². The summed E-state index contributed by atoms with van der Waals surface area (Å²) in [5, 5.41) is 5.89. The number of terminal acetylenes is 1. The van der Waals surface area contributed by atoms with Gasteiger partial charge in [-0.1, -0.05) is 25.2 Å². The van der Waals surface area contributed by atoms with Crippen molar-refractivity contribution in [3.05, 3.63) is 59.2 Å². The molecule has 0 unspecified atom stereocenters. The van der Waals surface area contributed by atoms with E-state index in [4.69, 9.17) is 6.42 Å². The molecule has 32 heavy (non-hydrogen) atoms. The Morgan fingerprint density at radius 3 is 2.28 bits per heavy atom. The molecule has 2 aromatic rings. The van der Waals surface area contributed by atoms with Crippen molar-refractivity contribution in [2.75, 3.05) is 11.9 Å². The molecule has 3 rings (SSSR count). The minimum atomic E-state index is -3.72. The van der Waals surface area contributed by atoms with Crippen LogP contribution in [0.4, 0.5) is 5.69 Å². The summed E-state index contributed by atoms with van der Waals surface area (Å²) in [5.41, 5.74) is 2.20. The van der Waals surface area contributed by atoms with Gasteiger partial charge in [0, 0.05) is 22.9 Å². The summed E-state index contributed by atoms with van der Waals surface area (Å²) < 4.78 is 26.4. The molecule has 0 heterocycles. The fourth-order valence-corrected chi connectivity index (χ4v) is 4.60. The van der Waals surface area contributed by atoms with E-state index in [9.17, 15) is 18.0 Å². The van der Waals surface area contributed by atoms with Gasteiger partial charge in [-0.3, -0.25) is 9.59 Å². The summed E-state index contributed by atoms with van der Waals surface area (Å²) in [6.45, 7) is 1.71. The Labute approximate surface area is 189 Å². The Morgan fingerprint density at radius 1 is 1.00 bits per heavy atom. The molecule has 1 aliphatic carbocycles. The van der Waals surface area contributed by atoms with Crippen LogP contribution in [0.1, 0.15) is 58.4 Å². The molecular formula is C24H27N3O4S. The lowest BCUT2D eigenvalue weighted by atomic mass is 9.95. The van der Waals surface area contributed by atoms with Gasteiger partial charge in [-0.2, -0.15) is 4.72 Å². The number of hydrogen-bond acceptors (Lipinski definition) is 4. The Bertz CT molecular complexity index is 1130. The molecule has 2 aromatic carbocycles. The van der Waals surface area contributed by atoms with Gasteiger partial charge in [0.05, 0.1) is 11.4 Å². The molecule has 168 valence electrons. The molecule has 0 atom stereocenters. The lowest BCUT2D eigenvalue weighted by Gasteiger charge is -2.23. The normalized spacial score (nSPS) is 14.4. The molecular weight excluding hydrogens is 426 g/mol. The average Bonchev–Trinajstić information content (AvgIpc) is 2.79. The van der Waals surface area contributed by atoms with Crippen LogP contribution in [0.5, 0.6) is 0 Å². The zero-order valence-electron chi connectivity index (χ0n) is 18.0. The summed E-state index contributed by atoms with van der Waals surface area (Å²) in [5.74, 6) is 1.72. The summed E-state index contributed by atoms with van der Waals surface area (Å²) in [6.07, 6.45) is 10.6. The number of carbonyl (C=O) groups is 2. The monoisotopic (exact) mass is 453 g/mol. The zero-order chi connectivity index (χ0) is 23.1. The fourth-order valence-electron chi connectivity index (χ4n) is 3.66. The first-order valence-corrected chi connectivity index (χ1v) is 12.0. The van der Waals surface area contributed by atoms with Crippen LogP contribution in [-0.2, 0) is 10.0 Å². The minimum absolute atomic E-state index is 0.0220. The summed E-state index contributed by atoms with van der Waals surface area (Å²) in [6, 6.07) is 10.9. The second kappa shape index (κ2) is 10.4. The summed E-state index contributed by atoms with van der Waals surface area (Å²) in [7, 11) is -3.72. The molecule has 1 saturated carbocycles. The Balaban J connectivity index is 1.64. The van der Waals surface area contributed by atoms with Crippen LogP contribution in [0.3, 0.4) is 0 Å². The summed E-state index contributed by atoms with van der Waals surface area (Å²) >= 11 is 0. The molecule has 2 amide bonds. The summed E-state index contributed by atoms with van der Waals surface area (Å²) in [4.78, 5) is 25.2. The smallest absolute Gasteiger partial charge is 0.255 e. The van der Waals surface area contributed by atoms with Gasteiger partial charge in [-0.05, 0) is 67.8 Å². The van der Waals surface area contributed by atoms with Gasteiger partial charge in [0.1, 0.15) is 0 Å². The van der Waals surface area contributed by atoms with Crippen molar-refractivity contribution in [3.8, 4) is 12.3 Å². The quantitative estimate of drug-likeness (QED) is 0.560. The molecule has 3 N–H and O–H groups in total. The lowest BCUT2D eigenvalue weighted by Crippen LogP contribution is -2.36. The number of carbonyl (C=O) groups excluding carboxylic acids is 2. The molecule has 7 nitrogen and oxygen atoms in total. The van der Waals surface area contributed by atoms with Gasteiger partial charge in [-0.15, -0.1) is 6.42 Å². The number of benzene rings is 2. The topological polar surface area (TPSA) is 104 Å². The molecule has 0 aliphatic heterocycles. The lowest BCUT2D eigenvalue weighted by molar-refractivity contribution is 0.0927. The molecule has 0 bridgehead atoms. The maximum Gasteiger partial charge on any atom is 0.255 e. The van der Waals surface area contributed by atoms with Crippen molar-refractivity contribution in [2.24, 2.45) is 0 Å².